The van der Waals surface area contributed by atoms with Gasteiger partial charge in [0.1, 0.15) is 5.82 Å². The monoisotopic (exact) mass is 315 g/mol. The zero-order chi connectivity index (χ0) is 16.4. The van der Waals surface area contributed by atoms with Crippen molar-refractivity contribution in [3.05, 3.63) is 41.3 Å². The predicted octanol–water partition coefficient (Wildman–Crippen LogP) is 3.39. The van der Waals surface area contributed by atoms with Crippen molar-refractivity contribution in [2.45, 2.75) is 46.2 Å². The maximum atomic E-state index is 13.2. The molecule has 0 N–H and O–H groups in total. The lowest BCUT2D eigenvalue weighted by atomic mass is 10.0. The second-order valence-corrected chi connectivity index (χ2v) is 6.05. The molecule has 0 saturated heterocycles. The van der Waals surface area contributed by atoms with Gasteiger partial charge >= 0.3 is 0 Å². The lowest BCUT2D eigenvalue weighted by molar-refractivity contribution is -0.129. The molecule has 3 rings (SSSR count). The topological polar surface area (TPSA) is 38.1 Å². The third-order valence-electron chi connectivity index (χ3n) is 4.42. The van der Waals surface area contributed by atoms with Crippen LogP contribution in [0.2, 0.25) is 0 Å². The number of aromatic nitrogens is 2. The van der Waals surface area contributed by atoms with Gasteiger partial charge in [-0.2, -0.15) is 5.10 Å². The van der Waals surface area contributed by atoms with E-state index in [4.69, 9.17) is 5.10 Å². The maximum absolute atomic E-state index is 13.2. The van der Waals surface area contributed by atoms with Crippen molar-refractivity contribution in [1.29, 1.82) is 0 Å². The number of unbranched alkanes of at least 4 members (excludes halogenated alkanes) is 1. The molecule has 0 bridgehead atoms. The summed E-state index contributed by atoms with van der Waals surface area (Å²) in [6.45, 7) is 5.98. The Morgan fingerprint density at radius 3 is 2.70 bits per heavy atom. The highest BCUT2D eigenvalue weighted by molar-refractivity contribution is 5.74. The van der Waals surface area contributed by atoms with Gasteiger partial charge in [0.05, 0.1) is 5.69 Å². The molecule has 0 saturated carbocycles. The fourth-order valence-corrected chi connectivity index (χ4v) is 3.09. The van der Waals surface area contributed by atoms with E-state index in [0.717, 1.165) is 49.2 Å². The van der Waals surface area contributed by atoms with Gasteiger partial charge in [-0.3, -0.25) is 9.48 Å². The Balaban J connectivity index is 2.02. The van der Waals surface area contributed by atoms with Crippen LogP contribution in [0.1, 0.15) is 37.9 Å². The first-order chi connectivity index (χ1) is 11.1. The number of hydrogen-bond acceptors (Lipinski definition) is 2. The normalized spacial score (nSPS) is 14.0. The molecule has 23 heavy (non-hydrogen) atoms. The summed E-state index contributed by atoms with van der Waals surface area (Å²) >= 11 is 0. The average Bonchev–Trinajstić information content (AvgIpc) is 2.91. The molecule has 0 aliphatic carbocycles. The van der Waals surface area contributed by atoms with Crippen molar-refractivity contribution in [3.8, 4) is 11.3 Å². The number of hydrogen-bond donors (Lipinski definition) is 0. The fraction of sp³-hybridized carbons (Fsp3) is 0.444. The SMILES string of the molecule is CCCCn1nc(-c2ccc(F)cc2)c2c1CCN(C(C)=O)C2. The van der Waals surface area contributed by atoms with Crippen molar-refractivity contribution >= 4 is 5.91 Å². The van der Waals surface area contributed by atoms with Crippen molar-refractivity contribution < 1.29 is 9.18 Å². The van der Waals surface area contributed by atoms with Crippen molar-refractivity contribution in [2.75, 3.05) is 6.54 Å². The highest BCUT2D eigenvalue weighted by atomic mass is 19.1. The van der Waals surface area contributed by atoms with Crippen LogP contribution in [-0.2, 0) is 24.3 Å². The van der Waals surface area contributed by atoms with Gasteiger partial charge in [-0.15, -0.1) is 0 Å². The number of carbonyl (C=O) groups is 1. The molecular formula is C18H22FN3O. The molecule has 1 aromatic heterocycles. The average molecular weight is 315 g/mol. The standard InChI is InChI=1S/C18H22FN3O/c1-3-4-10-22-17-9-11-21(13(2)23)12-16(17)18(20-22)14-5-7-15(19)8-6-14/h5-8H,3-4,9-12H2,1-2H3. The predicted molar refractivity (Wildman–Crippen MR) is 87.3 cm³/mol. The second-order valence-electron chi connectivity index (χ2n) is 6.05. The smallest absolute Gasteiger partial charge is 0.219 e. The quantitative estimate of drug-likeness (QED) is 0.867. The molecule has 1 amide bonds. The summed E-state index contributed by atoms with van der Waals surface area (Å²) in [6.07, 6.45) is 3.01. The lowest BCUT2D eigenvalue weighted by Gasteiger charge is -2.27. The van der Waals surface area contributed by atoms with Crippen LogP contribution in [-0.4, -0.2) is 27.1 Å². The molecule has 122 valence electrons. The van der Waals surface area contributed by atoms with Crippen LogP contribution < -0.4 is 0 Å². The van der Waals surface area contributed by atoms with Crippen LogP contribution >= 0.6 is 0 Å². The number of aryl methyl sites for hydroxylation is 1. The molecular weight excluding hydrogens is 293 g/mol. The van der Waals surface area contributed by atoms with Crippen LogP contribution in [0.4, 0.5) is 4.39 Å². The Labute approximate surface area is 135 Å². The zero-order valence-corrected chi connectivity index (χ0v) is 13.7. The lowest BCUT2D eigenvalue weighted by Crippen LogP contribution is -2.34. The molecule has 0 fully saturated rings. The fourth-order valence-electron chi connectivity index (χ4n) is 3.09. The van der Waals surface area contributed by atoms with Gasteiger partial charge in [-0.1, -0.05) is 13.3 Å². The van der Waals surface area contributed by atoms with Crippen LogP contribution in [0.15, 0.2) is 24.3 Å². The number of halogens is 1. The molecule has 5 heteroatoms. The molecule has 0 radical (unpaired) electrons. The van der Waals surface area contributed by atoms with Gasteiger partial charge in [0.15, 0.2) is 0 Å². The van der Waals surface area contributed by atoms with Crippen LogP contribution in [0.25, 0.3) is 11.3 Å². The second kappa shape index (κ2) is 6.52. The van der Waals surface area contributed by atoms with Crippen molar-refractivity contribution in [2.24, 2.45) is 0 Å². The van der Waals surface area contributed by atoms with E-state index in [0.29, 0.717) is 6.54 Å². The molecule has 0 unspecified atom stereocenters. The summed E-state index contributed by atoms with van der Waals surface area (Å²) in [4.78, 5) is 13.6. The Morgan fingerprint density at radius 2 is 2.04 bits per heavy atom. The first-order valence-electron chi connectivity index (χ1n) is 8.20. The summed E-state index contributed by atoms with van der Waals surface area (Å²) in [5.41, 5.74) is 4.11. The molecule has 1 aliphatic rings. The van der Waals surface area contributed by atoms with Crippen molar-refractivity contribution in [3.63, 3.8) is 0 Å². The Hall–Kier alpha value is -2.17. The van der Waals surface area contributed by atoms with Gasteiger partial charge in [0.25, 0.3) is 0 Å². The molecule has 0 spiro atoms. The number of carbonyl (C=O) groups excluding carboxylic acids is 1. The molecule has 1 aromatic carbocycles. The van der Waals surface area contributed by atoms with E-state index in [-0.39, 0.29) is 11.7 Å². The minimum absolute atomic E-state index is 0.0852. The number of amides is 1. The van der Waals surface area contributed by atoms with Crippen LogP contribution in [0.3, 0.4) is 0 Å². The van der Waals surface area contributed by atoms with Gasteiger partial charge in [0.2, 0.25) is 5.91 Å². The summed E-state index contributed by atoms with van der Waals surface area (Å²) in [5, 5.41) is 4.78. The molecule has 0 atom stereocenters. The third kappa shape index (κ3) is 3.14. The van der Waals surface area contributed by atoms with Crippen LogP contribution in [0.5, 0.6) is 0 Å². The number of benzene rings is 1. The van der Waals surface area contributed by atoms with Gasteiger partial charge in [-0.25, -0.2) is 4.39 Å². The first-order valence-corrected chi connectivity index (χ1v) is 8.20. The van der Waals surface area contributed by atoms with Crippen LogP contribution in [0, 0.1) is 5.82 Å². The summed E-state index contributed by atoms with van der Waals surface area (Å²) in [7, 11) is 0. The largest absolute Gasteiger partial charge is 0.338 e. The van der Waals surface area contributed by atoms with Gasteiger partial charge in [-0.05, 0) is 30.7 Å². The van der Waals surface area contributed by atoms with E-state index < -0.39 is 0 Å². The van der Waals surface area contributed by atoms with Gasteiger partial charge < -0.3 is 4.90 Å². The third-order valence-corrected chi connectivity index (χ3v) is 4.42. The highest BCUT2D eigenvalue weighted by Crippen LogP contribution is 2.30. The van der Waals surface area contributed by atoms with E-state index in [1.165, 1.54) is 17.8 Å². The Morgan fingerprint density at radius 1 is 1.30 bits per heavy atom. The number of nitrogens with zero attached hydrogens (tertiary/aromatic N) is 3. The molecule has 1 aliphatic heterocycles. The van der Waals surface area contributed by atoms with E-state index in [1.807, 2.05) is 4.90 Å². The summed E-state index contributed by atoms with van der Waals surface area (Å²) in [6, 6.07) is 6.43. The number of rotatable bonds is 4. The number of fused-ring (bicyclic) bond motifs is 1. The van der Waals surface area contributed by atoms with E-state index >= 15 is 0 Å². The van der Waals surface area contributed by atoms with E-state index in [2.05, 4.69) is 11.6 Å². The molecule has 4 nitrogen and oxygen atoms in total. The maximum Gasteiger partial charge on any atom is 0.219 e. The minimum Gasteiger partial charge on any atom is -0.338 e. The van der Waals surface area contributed by atoms with Crippen molar-refractivity contribution in [1.82, 2.24) is 14.7 Å². The Kier molecular flexibility index (Phi) is 4.46. The minimum atomic E-state index is -0.251. The summed E-state index contributed by atoms with van der Waals surface area (Å²) < 4.78 is 15.3. The zero-order valence-electron chi connectivity index (χ0n) is 13.7. The molecule has 2 aromatic rings. The first kappa shape index (κ1) is 15.7. The summed E-state index contributed by atoms with van der Waals surface area (Å²) in [5.74, 6) is -0.166. The molecule has 2 heterocycles. The van der Waals surface area contributed by atoms with E-state index in [9.17, 15) is 9.18 Å². The Bertz CT molecular complexity index is 706. The highest BCUT2D eigenvalue weighted by Gasteiger charge is 2.26. The van der Waals surface area contributed by atoms with E-state index in [1.54, 1.807) is 19.1 Å². The van der Waals surface area contributed by atoms with Gasteiger partial charge in [0, 0.05) is 49.8 Å².